The van der Waals surface area contributed by atoms with Crippen molar-refractivity contribution in [1.82, 2.24) is 9.97 Å². The number of hydrogen-bond donors (Lipinski definition) is 2. The van der Waals surface area contributed by atoms with Crippen molar-refractivity contribution >= 4 is 38.5 Å². The molecule has 1 fully saturated rings. The molecule has 4 rings (SSSR count). The molecular weight excluding hydrogens is 348 g/mol. The van der Waals surface area contributed by atoms with E-state index in [1.54, 1.807) is 6.20 Å². The van der Waals surface area contributed by atoms with Crippen LogP contribution in [-0.4, -0.2) is 22.2 Å². The number of anilines is 2. The van der Waals surface area contributed by atoms with E-state index in [1.165, 1.54) is 11.3 Å². The van der Waals surface area contributed by atoms with Crippen LogP contribution in [0.3, 0.4) is 0 Å². The van der Waals surface area contributed by atoms with Crippen LogP contribution in [0, 0.1) is 12.8 Å². The number of nitrogen functional groups attached to an aromatic ring is 1. The molecule has 6 nitrogen and oxygen atoms in total. The first-order valence-electron chi connectivity index (χ1n) is 8.60. The monoisotopic (exact) mass is 368 g/mol. The van der Waals surface area contributed by atoms with Gasteiger partial charge >= 0.3 is 6.09 Å². The van der Waals surface area contributed by atoms with Gasteiger partial charge in [-0.2, -0.15) is 0 Å². The summed E-state index contributed by atoms with van der Waals surface area (Å²) in [6.07, 6.45) is 3.58. The molecule has 3 N–H and O–H groups in total. The van der Waals surface area contributed by atoms with Crippen LogP contribution in [-0.2, 0) is 4.74 Å². The van der Waals surface area contributed by atoms with Crippen molar-refractivity contribution in [3.8, 4) is 11.1 Å². The number of thiazole rings is 1. The van der Waals surface area contributed by atoms with E-state index in [9.17, 15) is 4.79 Å². The number of pyridine rings is 1. The maximum absolute atomic E-state index is 12.2. The third-order valence-corrected chi connectivity index (χ3v) is 5.49. The van der Waals surface area contributed by atoms with Crippen LogP contribution in [0.5, 0.6) is 0 Å². The molecule has 2 aromatic heterocycles. The highest BCUT2D eigenvalue weighted by Crippen LogP contribution is 2.34. The molecule has 2 heterocycles. The molecule has 1 saturated carbocycles. The second-order valence-corrected chi connectivity index (χ2v) is 7.73. The second-order valence-electron chi connectivity index (χ2n) is 6.66. The highest BCUT2D eigenvalue weighted by atomic mass is 32.1. The maximum Gasteiger partial charge on any atom is 0.411 e. The number of nitrogens with one attached hydrogen (secondary N) is 1. The molecule has 26 heavy (non-hydrogen) atoms. The predicted molar refractivity (Wildman–Crippen MR) is 104 cm³/mol. The number of carbonyl (C=O) groups excluding carboxylic acids is 1. The van der Waals surface area contributed by atoms with Crippen molar-refractivity contribution in [2.75, 3.05) is 11.1 Å². The molecule has 0 bridgehead atoms. The Hall–Kier alpha value is -2.67. The van der Waals surface area contributed by atoms with Gasteiger partial charge in [0.15, 0.2) is 5.13 Å². The third-order valence-electron chi connectivity index (χ3n) is 4.64. The summed E-state index contributed by atoms with van der Waals surface area (Å²) >= 11 is 1.45. The highest BCUT2D eigenvalue weighted by Gasteiger charge is 2.30. The Morgan fingerprint density at radius 2 is 2.15 bits per heavy atom. The van der Waals surface area contributed by atoms with Crippen molar-refractivity contribution in [3.05, 3.63) is 36.2 Å². The Balaban J connectivity index is 1.57. The summed E-state index contributed by atoms with van der Waals surface area (Å²) < 4.78 is 6.46. The molecule has 0 saturated heterocycles. The quantitative estimate of drug-likeness (QED) is 0.702. The van der Waals surface area contributed by atoms with E-state index in [1.807, 2.05) is 38.1 Å². The first kappa shape index (κ1) is 16.8. The van der Waals surface area contributed by atoms with Gasteiger partial charge in [-0.05, 0) is 56.4 Å². The topological polar surface area (TPSA) is 90.1 Å². The Labute approximate surface area is 155 Å². The molecule has 1 amide bonds. The predicted octanol–water partition coefficient (Wildman–Crippen LogP) is 4.60. The van der Waals surface area contributed by atoms with Gasteiger partial charge < -0.3 is 10.5 Å². The summed E-state index contributed by atoms with van der Waals surface area (Å²) in [5, 5.41) is 3.37. The lowest BCUT2D eigenvalue weighted by atomic mass is 10.1. The van der Waals surface area contributed by atoms with Crippen LogP contribution in [0.2, 0.25) is 0 Å². The van der Waals surface area contributed by atoms with Gasteiger partial charge in [-0.15, -0.1) is 0 Å². The Morgan fingerprint density at radius 1 is 1.35 bits per heavy atom. The minimum absolute atomic E-state index is 0.0503. The summed E-state index contributed by atoms with van der Waals surface area (Å²) in [6, 6.07) is 7.87. The fraction of sp³-hybridized carbons (Fsp3) is 0.316. The number of carbonyl (C=O) groups is 1. The van der Waals surface area contributed by atoms with Crippen LogP contribution in [0.25, 0.3) is 21.3 Å². The second kappa shape index (κ2) is 6.57. The number of nitrogens with two attached hydrogens (primary N) is 1. The van der Waals surface area contributed by atoms with Gasteiger partial charge in [0.2, 0.25) is 0 Å². The number of hydrogen-bond acceptors (Lipinski definition) is 6. The normalized spacial score (nSPS) is 15.0. The summed E-state index contributed by atoms with van der Waals surface area (Å²) in [6.45, 7) is 3.80. The smallest absolute Gasteiger partial charge is 0.411 e. The highest BCUT2D eigenvalue weighted by molar-refractivity contribution is 7.22. The summed E-state index contributed by atoms with van der Waals surface area (Å²) in [4.78, 5) is 20.8. The molecule has 0 aliphatic heterocycles. The van der Waals surface area contributed by atoms with E-state index in [4.69, 9.17) is 10.5 Å². The zero-order chi connectivity index (χ0) is 18.3. The molecule has 134 valence electrons. The molecule has 7 heteroatoms. The van der Waals surface area contributed by atoms with Gasteiger partial charge in [-0.3, -0.25) is 10.3 Å². The molecule has 0 spiro atoms. The Kier molecular flexibility index (Phi) is 4.24. The van der Waals surface area contributed by atoms with Gasteiger partial charge in [0, 0.05) is 11.8 Å². The minimum atomic E-state index is -0.433. The van der Waals surface area contributed by atoms with E-state index in [2.05, 4.69) is 15.3 Å². The number of benzene rings is 1. The van der Waals surface area contributed by atoms with Crippen LogP contribution >= 0.6 is 11.3 Å². The van der Waals surface area contributed by atoms with E-state index in [-0.39, 0.29) is 6.10 Å². The van der Waals surface area contributed by atoms with Crippen molar-refractivity contribution in [3.63, 3.8) is 0 Å². The molecular formula is C19H20N4O2S. The molecule has 1 aliphatic rings. The van der Waals surface area contributed by atoms with Gasteiger partial charge in [0.25, 0.3) is 0 Å². The standard InChI is InChI=1S/C19H20N4O2S/c1-10-16(23-19(24)25-11(2)12-3-4-12)7-14(9-21-10)13-5-6-15-17(8-13)26-18(20)22-15/h5-9,11-12H,3-4H2,1-2H3,(H2,20,22)(H,23,24). The molecule has 0 radical (unpaired) electrons. The fourth-order valence-corrected chi connectivity index (χ4v) is 3.68. The Morgan fingerprint density at radius 3 is 2.92 bits per heavy atom. The van der Waals surface area contributed by atoms with Gasteiger partial charge in [0.1, 0.15) is 6.10 Å². The number of rotatable bonds is 4. The molecule has 1 atom stereocenters. The van der Waals surface area contributed by atoms with E-state index < -0.39 is 6.09 Å². The third kappa shape index (κ3) is 3.48. The number of amides is 1. The van der Waals surface area contributed by atoms with E-state index in [0.717, 1.165) is 39.9 Å². The summed E-state index contributed by atoms with van der Waals surface area (Å²) in [7, 11) is 0. The van der Waals surface area contributed by atoms with E-state index >= 15 is 0 Å². The first-order chi connectivity index (χ1) is 12.5. The zero-order valence-corrected chi connectivity index (χ0v) is 15.5. The number of ether oxygens (including phenoxy) is 1. The average Bonchev–Trinajstić information content (AvgIpc) is 3.38. The van der Waals surface area contributed by atoms with E-state index in [0.29, 0.717) is 16.7 Å². The van der Waals surface area contributed by atoms with Crippen LogP contribution in [0.15, 0.2) is 30.5 Å². The zero-order valence-electron chi connectivity index (χ0n) is 14.7. The van der Waals surface area contributed by atoms with Crippen LogP contribution in [0.1, 0.15) is 25.5 Å². The number of fused-ring (bicyclic) bond motifs is 1. The molecule has 1 unspecified atom stereocenters. The fourth-order valence-electron chi connectivity index (χ4n) is 2.91. The molecule has 1 aliphatic carbocycles. The van der Waals surface area contributed by atoms with Crippen LogP contribution < -0.4 is 11.1 Å². The van der Waals surface area contributed by atoms with Crippen molar-refractivity contribution < 1.29 is 9.53 Å². The lowest BCUT2D eigenvalue weighted by molar-refractivity contribution is 0.108. The largest absolute Gasteiger partial charge is 0.446 e. The van der Waals surface area contributed by atoms with Gasteiger partial charge in [0.05, 0.1) is 21.6 Å². The lowest BCUT2D eigenvalue weighted by Crippen LogP contribution is -2.22. The van der Waals surface area contributed by atoms with Crippen molar-refractivity contribution in [2.24, 2.45) is 5.92 Å². The molecule has 1 aromatic carbocycles. The maximum atomic E-state index is 12.2. The number of aromatic nitrogens is 2. The number of aryl methyl sites for hydroxylation is 1. The lowest BCUT2D eigenvalue weighted by Gasteiger charge is -2.14. The van der Waals surface area contributed by atoms with Gasteiger partial charge in [-0.1, -0.05) is 17.4 Å². The first-order valence-corrected chi connectivity index (χ1v) is 9.42. The summed E-state index contributed by atoms with van der Waals surface area (Å²) in [5.74, 6) is 0.505. The number of nitrogens with zero attached hydrogens (tertiary/aromatic N) is 2. The van der Waals surface area contributed by atoms with Crippen LogP contribution in [0.4, 0.5) is 15.6 Å². The van der Waals surface area contributed by atoms with Crippen molar-refractivity contribution in [1.29, 1.82) is 0 Å². The average molecular weight is 368 g/mol. The Bertz CT molecular complexity index is 981. The minimum Gasteiger partial charge on any atom is -0.446 e. The summed E-state index contributed by atoms with van der Waals surface area (Å²) in [5.41, 5.74) is 9.96. The molecule has 3 aromatic rings. The van der Waals surface area contributed by atoms with Crippen molar-refractivity contribution in [2.45, 2.75) is 32.8 Å². The SMILES string of the molecule is Cc1ncc(-c2ccc3nc(N)sc3c2)cc1NC(=O)OC(C)C1CC1. The van der Waals surface area contributed by atoms with Gasteiger partial charge in [-0.25, -0.2) is 9.78 Å².